The lowest BCUT2D eigenvalue weighted by Gasteiger charge is -2.31. The van der Waals surface area contributed by atoms with Crippen molar-refractivity contribution in [3.63, 3.8) is 0 Å². The molecule has 0 unspecified atom stereocenters. The molecule has 2 rings (SSSR count). The lowest BCUT2D eigenvalue weighted by molar-refractivity contribution is -0.142. The topological polar surface area (TPSA) is 90.9 Å². The predicted octanol–water partition coefficient (Wildman–Crippen LogP) is 1.73. The first kappa shape index (κ1) is 20.7. The van der Waals surface area contributed by atoms with E-state index in [4.69, 9.17) is 0 Å². The van der Waals surface area contributed by atoms with E-state index in [0.717, 1.165) is 44.4 Å². The Labute approximate surface area is 159 Å². The molecular weight excluding hydrogens is 352 g/mol. The smallest absolute Gasteiger partial charge is 0.309 e. The van der Waals surface area contributed by atoms with Crippen molar-refractivity contribution < 1.29 is 14.4 Å². The van der Waals surface area contributed by atoms with Crippen LogP contribution in [0.1, 0.15) is 52.9 Å². The molecule has 1 aliphatic heterocycles. The van der Waals surface area contributed by atoms with Crippen LogP contribution in [0.5, 0.6) is 0 Å². The van der Waals surface area contributed by atoms with Gasteiger partial charge in [-0.1, -0.05) is 51.8 Å². The molecule has 0 spiro atoms. The number of thioether (sulfide) groups is 1. The number of ketones is 1. The van der Waals surface area contributed by atoms with Crippen LogP contribution in [0, 0.1) is 11.3 Å². The van der Waals surface area contributed by atoms with E-state index in [2.05, 4.69) is 15.8 Å². The molecule has 2 amide bonds. The standard InChI is InChI=1S/C18H30N4O3S/c1-18(2,3)14(19-15(24)12-8-6-5-7-9-12)13(23)16(25)20-21-17-22(4)10-11-26-17/h12,14H,5-11H2,1-4H3,(H,19,24)(H,20,25)/t14-/m1/s1. The van der Waals surface area contributed by atoms with Crippen LogP contribution in [0.25, 0.3) is 0 Å². The van der Waals surface area contributed by atoms with Crippen molar-refractivity contribution in [2.24, 2.45) is 16.4 Å². The zero-order valence-corrected chi connectivity index (χ0v) is 16.9. The number of nitrogens with one attached hydrogen (secondary N) is 2. The second-order valence-electron chi connectivity index (χ2n) is 8.11. The van der Waals surface area contributed by atoms with Crippen LogP contribution in [0.2, 0.25) is 0 Å². The fraction of sp³-hybridized carbons (Fsp3) is 0.778. The molecule has 2 N–H and O–H groups in total. The van der Waals surface area contributed by atoms with Crippen LogP contribution >= 0.6 is 11.8 Å². The molecule has 1 heterocycles. The van der Waals surface area contributed by atoms with Crippen molar-refractivity contribution in [1.29, 1.82) is 0 Å². The minimum absolute atomic E-state index is 0.0618. The fourth-order valence-electron chi connectivity index (χ4n) is 3.18. The molecule has 0 aromatic heterocycles. The molecule has 1 aliphatic carbocycles. The van der Waals surface area contributed by atoms with Gasteiger partial charge in [0.2, 0.25) is 11.7 Å². The van der Waals surface area contributed by atoms with E-state index in [1.54, 1.807) is 0 Å². The quantitative estimate of drug-likeness (QED) is 0.558. The van der Waals surface area contributed by atoms with E-state index in [9.17, 15) is 14.4 Å². The number of carbonyl (C=O) groups excluding carboxylic acids is 3. The van der Waals surface area contributed by atoms with Crippen LogP contribution < -0.4 is 10.7 Å². The van der Waals surface area contributed by atoms with Gasteiger partial charge in [-0.3, -0.25) is 14.4 Å². The number of rotatable bonds is 5. The molecule has 0 aromatic rings. The van der Waals surface area contributed by atoms with Gasteiger partial charge >= 0.3 is 5.91 Å². The van der Waals surface area contributed by atoms with Crippen LogP contribution in [0.15, 0.2) is 5.10 Å². The van der Waals surface area contributed by atoms with E-state index in [1.807, 2.05) is 32.7 Å². The van der Waals surface area contributed by atoms with Crippen molar-refractivity contribution in [2.45, 2.75) is 58.9 Å². The summed E-state index contributed by atoms with van der Waals surface area (Å²) in [6.45, 7) is 6.39. The van der Waals surface area contributed by atoms with Crippen LogP contribution in [0.4, 0.5) is 0 Å². The minimum atomic E-state index is -0.869. The summed E-state index contributed by atoms with van der Waals surface area (Å²) in [6, 6.07) is -0.869. The number of hydrogen-bond acceptors (Lipinski definition) is 5. The summed E-state index contributed by atoms with van der Waals surface area (Å²) < 4.78 is 0. The van der Waals surface area contributed by atoms with Crippen molar-refractivity contribution in [3.8, 4) is 0 Å². The second-order valence-corrected chi connectivity index (χ2v) is 9.17. The summed E-state index contributed by atoms with van der Waals surface area (Å²) in [5, 5.41) is 7.55. The van der Waals surface area contributed by atoms with Gasteiger partial charge in [0.1, 0.15) is 6.04 Å². The number of hydrazone groups is 1. The second kappa shape index (κ2) is 8.88. The Morgan fingerprint density at radius 3 is 2.38 bits per heavy atom. The molecule has 8 heteroatoms. The largest absolute Gasteiger partial charge is 0.352 e. The van der Waals surface area contributed by atoms with Crippen LogP contribution in [-0.4, -0.2) is 53.1 Å². The van der Waals surface area contributed by atoms with Gasteiger partial charge in [-0.25, -0.2) is 5.43 Å². The highest BCUT2D eigenvalue weighted by atomic mass is 32.2. The molecule has 0 bridgehead atoms. The number of carbonyl (C=O) groups is 3. The molecule has 1 atom stereocenters. The Bertz CT molecular complexity index is 579. The Balaban J connectivity index is 2.01. The summed E-state index contributed by atoms with van der Waals surface area (Å²) in [7, 11) is 1.88. The average Bonchev–Trinajstić information content (AvgIpc) is 3.01. The third-order valence-electron chi connectivity index (χ3n) is 4.85. The van der Waals surface area contributed by atoms with E-state index < -0.39 is 23.1 Å². The number of amides is 2. The van der Waals surface area contributed by atoms with Crippen molar-refractivity contribution >= 4 is 34.5 Å². The molecule has 26 heavy (non-hydrogen) atoms. The number of amidine groups is 1. The molecule has 1 saturated heterocycles. The first-order chi connectivity index (χ1) is 12.2. The SMILES string of the molecule is CN1CCSC1=NNC(=O)C(=O)[C@@H](NC(=O)C1CCCCC1)C(C)(C)C. The highest BCUT2D eigenvalue weighted by Crippen LogP contribution is 2.26. The summed E-state index contributed by atoms with van der Waals surface area (Å²) in [5.41, 5.74) is 1.78. The highest BCUT2D eigenvalue weighted by molar-refractivity contribution is 8.14. The van der Waals surface area contributed by atoms with E-state index in [0.29, 0.717) is 5.17 Å². The molecule has 146 valence electrons. The van der Waals surface area contributed by atoms with Gasteiger partial charge in [0, 0.05) is 25.3 Å². The van der Waals surface area contributed by atoms with Crippen LogP contribution in [0.3, 0.4) is 0 Å². The summed E-state index contributed by atoms with van der Waals surface area (Å²) in [4.78, 5) is 39.5. The summed E-state index contributed by atoms with van der Waals surface area (Å²) in [5.74, 6) is -0.725. The number of nitrogens with zero attached hydrogens (tertiary/aromatic N) is 2. The zero-order valence-electron chi connectivity index (χ0n) is 16.1. The fourth-order valence-corrected chi connectivity index (χ4v) is 4.15. The maximum Gasteiger partial charge on any atom is 0.309 e. The normalized spacial score (nSPS) is 21.5. The van der Waals surface area contributed by atoms with Gasteiger partial charge in [0.05, 0.1) is 0 Å². The lowest BCUT2D eigenvalue weighted by Crippen LogP contribution is -2.54. The molecule has 0 aromatic carbocycles. The zero-order chi connectivity index (χ0) is 19.3. The Kier molecular flexibility index (Phi) is 7.08. The molecular formula is C18H30N4O3S. The summed E-state index contributed by atoms with van der Waals surface area (Å²) in [6.07, 6.45) is 4.92. The van der Waals surface area contributed by atoms with Gasteiger partial charge in [-0.15, -0.1) is 5.10 Å². The Hall–Kier alpha value is -1.57. The molecule has 7 nitrogen and oxygen atoms in total. The van der Waals surface area contributed by atoms with Crippen LogP contribution in [-0.2, 0) is 14.4 Å². The summed E-state index contributed by atoms with van der Waals surface area (Å²) >= 11 is 1.53. The van der Waals surface area contributed by atoms with E-state index in [1.165, 1.54) is 11.8 Å². The molecule has 2 fully saturated rings. The Morgan fingerprint density at radius 2 is 1.85 bits per heavy atom. The third-order valence-corrected chi connectivity index (χ3v) is 5.90. The number of hydrogen-bond donors (Lipinski definition) is 2. The van der Waals surface area contributed by atoms with Gasteiger partial charge in [-0.2, -0.15) is 0 Å². The van der Waals surface area contributed by atoms with Gasteiger partial charge in [0.25, 0.3) is 0 Å². The maximum absolute atomic E-state index is 12.7. The minimum Gasteiger partial charge on any atom is -0.352 e. The number of Topliss-reactive ketones (excluding diaryl/α,β-unsaturated/α-hetero) is 1. The lowest BCUT2D eigenvalue weighted by atomic mass is 9.82. The average molecular weight is 383 g/mol. The third kappa shape index (κ3) is 5.46. The van der Waals surface area contributed by atoms with Crippen molar-refractivity contribution in [1.82, 2.24) is 15.6 Å². The van der Waals surface area contributed by atoms with Gasteiger partial charge < -0.3 is 10.2 Å². The molecule has 1 saturated carbocycles. The highest BCUT2D eigenvalue weighted by Gasteiger charge is 2.38. The first-order valence-corrected chi connectivity index (χ1v) is 10.2. The molecule has 2 aliphatic rings. The van der Waals surface area contributed by atoms with E-state index in [-0.39, 0.29) is 11.8 Å². The van der Waals surface area contributed by atoms with Gasteiger partial charge in [0.15, 0.2) is 5.17 Å². The predicted molar refractivity (Wildman–Crippen MR) is 104 cm³/mol. The Morgan fingerprint density at radius 1 is 1.19 bits per heavy atom. The van der Waals surface area contributed by atoms with Gasteiger partial charge in [-0.05, 0) is 18.3 Å². The monoisotopic (exact) mass is 382 g/mol. The molecule has 0 radical (unpaired) electrons. The maximum atomic E-state index is 12.7. The van der Waals surface area contributed by atoms with Crippen molar-refractivity contribution in [2.75, 3.05) is 19.3 Å². The van der Waals surface area contributed by atoms with E-state index >= 15 is 0 Å². The van der Waals surface area contributed by atoms with Crippen molar-refractivity contribution in [3.05, 3.63) is 0 Å². The first-order valence-electron chi connectivity index (χ1n) is 9.26.